The van der Waals surface area contributed by atoms with Gasteiger partial charge in [0.05, 0.1) is 23.3 Å². The standard InChI is InChI=1S/C17H26N6O2S/c1-12-17(13(2)22(5)20-12)16-10-18-9-15(19-16)8-14-6-7-23(11-14)26(24,25)21(3)4/h9-10,14H,6-8,11H2,1-5H3/t14-/m0/s1. The van der Waals surface area contributed by atoms with Gasteiger partial charge in [0.1, 0.15) is 0 Å². The lowest BCUT2D eigenvalue weighted by Gasteiger charge is -2.20. The second-order valence-corrected chi connectivity index (χ2v) is 9.21. The fourth-order valence-corrected chi connectivity index (χ4v) is 4.67. The molecule has 0 aliphatic carbocycles. The first kappa shape index (κ1) is 18.9. The molecule has 26 heavy (non-hydrogen) atoms. The highest BCUT2D eigenvalue weighted by Gasteiger charge is 2.33. The molecule has 0 N–H and O–H groups in total. The van der Waals surface area contributed by atoms with E-state index in [9.17, 15) is 8.42 Å². The fourth-order valence-electron chi connectivity index (χ4n) is 3.47. The van der Waals surface area contributed by atoms with Gasteiger partial charge in [0, 0.05) is 51.7 Å². The van der Waals surface area contributed by atoms with E-state index in [1.807, 2.05) is 25.6 Å². The van der Waals surface area contributed by atoms with Gasteiger partial charge in [-0.2, -0.15) is 22.1 Å². The summed E-state index contributed by atoms with van der Waals surface area (Å²) in [5, 5.41) is 4.44. The van der Waals surface area contributed by atoms with Crippen LogP contribution in [-0.2, 0) is 23.7 Å². The van der Waals surface area contributed by atoms with Crippen LogP contribution in [0.15, 0.2) is 12.4 Å². The first-order chi connectivity index (χ1) is 12.2. The Hall–Kier alpha value is -1.84. The second kappa shape index (κ2) is 7.05. The van der Waals surface area contributed by atoms with Crippen molar-refractivity contribution in [1.82, 2.24) is 28.4 Å². The molecule has 0 radical (unpaired) electrons. The fraction of sp³-hybridized carbons (Fsp3) is 0.588. The summed E-state index contributed by atoms with van der Waals surface area (Å²) in [6.07, 6.45) is 5.09. The summed E-state index contributed by atoms with van der Waals surface area (Å²) >= 11 is 0. The molecule has 0 saturated carbocycles. The molecule has 0 amide bonds. The van der Waals surface area contributed by atoms with E-state index in [0.29, 0.717) is 13.1 Å². The molecule has 2 aromatic heterocycles. The highest BCUT2D eigenvalue weighted by molar-refractivity contribution is 7.86. The van der Waals surface area contributed by atoms with E-state index in [1.54, 1.807) is 30.8 Å². The van der Waals surface area contributed by atoms with Gasteiger partial charge in [-0.15, -0.1) is 0 Å². The summed E-state index contributed by atoms with van der Waals surface area (Å²) in [4.78, 5) is 9.12. The monoisotopic (exact) mass is 378 g/mol. The average molecular weight is 379 g/mol. The molecule has 1 aliphatic rings. The molecule has 0 aromatic carbocycles. The van der Waals surface area contributed by atoms with Crippen LogP contribution in [0.1, 0.15) is 23.5 Å². The molecule has 1 atom stereocenters. The van der Waals surface area contributed by atoms with Crippen LogP contribution in [0, 0.1) is 19.8 Å². The van der Waals surface area contributed by atoms with Crippen LogP contribution in [0.4, 0.5) is 0 Å². The van der Waals surface area contributed by atoms with Crippen LogP contribution in [-0.4, -0.2) is 64.0 Å². The first-order valence-corrected chi connectivity index (χ1v) is 10.1. The van der Waals surface area contributed by atoms with Crippen molar-refractivity contribution in [3.8, 4) is 11.3 Å². The Bertz CT molecular complexity index is 906. The van der Waals surface area contributed by atoms with E-state index in [-0.39, 0.29) is 5.92 Å². The molecule has 1 fully saturated rings. The summed E-state index contributed by atoms with van der Waals surface area (Å²) in [6.45, 7) is 5.07. The topological polar surface area (TPSA) is 84.2 Å². The highest BCUT2D eigenvalue weighted by Crippen LogP contribution is 2.26. The average Bonchev–Trinajstić information content (AvgIpc) is 3.13. The number of hydrogen-bond donors (Lipinski definition) is 0. The van der Waals surface area contributed by atoms with E-state index in [1.165, 1.54) is 4.31 Å². The van der Waals surface area contributed by atoms with Gasteiger partial charge in [0.15, 0.2) is 0 Å². The zero-order valence-corrected chi connectivity index (χ0v) is 16.8. The molecule has 1 saturated heterocycles. The Morgan fingerprint density at radius 2 is 2.00 bits per heavy atom. The van der Waals surface area contributed by atoms with Gasteiger partial charge in [0.25, 0.3) is 10.2 Å². The maximum atomic E-state index is 12.3. The van der Waals surface area contributed by atoms with Crippen LogP contribution in [0.3, 0.4) is 0 Å². The smallest absolute Gasteiger partial charge is 0.272 e. The lowest BCUT2D eigenvalue weighted by molar-refractivity contribution is 0.409. The summed E-state index contributed by atoms with van der Waals surface area (Å²) in [5.74, 6) is 0.255. The predicted molar refractivity (Wildman–Crippen MR) is 99.7 cm³/mol. The van der Waals surface area contributed by atoms with Gasteiger partial charge >= 0.3 is 0 Å². The summed E-state index contributed by atoms with van der Waals surface area (Å²) in [7, 11) is 1.71. The first-order valence-electron chi connectivity index (χ1n) is 8.69. The highest BCUT2D eigenvalue weighted by atomic mass is 32.2. The van der Waals surface area contributed by atoms with Gasteiger partial charge < -0.3 is 0 Å². The molecular formula is C17H26N6O2S. The van der Waals surface area contributed by atoms with Crippen LogP contribution < -0.4 is 0 Å². The van der Waals surface area contributed by atoms with Crippen molar-refractivity contribution < 1.29 is 8.42 Å². The Labute approximate surface area is 155 Å². The summed E-state index contributed by atoms with van der Waals surface area (Å²) < 4.78 is 29.2. The molecule has 1 aliphatic heterocycles. The summed E-state index contributed by atoms with van der Waals surface area (Å²) in [5.41, 5.74) is 4.71. The molecule has 0 unspecified atom stereocenters. The van der Waals surface area contributed by atoms with Crippen molar-refractivity contribution >= 4 is 10.2 Å². The number of hydrogen-bond acceptors (Lipinski definition) is 5. The normalized spacial score (nSPS) is 18.8. The maximum absolute atomic E-state index is 12.3. The van der Waals surface area contributed by atoms with Gasteiger partial charge in [-0.05, 0) is 32.6 Å². The van der Waals surface area contributed by atoms with Crippen LogP contribution in [0.2, 0.25) is 0 Å². The number of nitrogens with zero attached hydrogens (tertiary/aromatic N) is 6. The lowest BCUT2D eigenvalue weighted by atomic mass is 10.0. The van der Waals surface area contributed by atoms with Gasteiger partial charge in [-0.1, -0.05) is 0 Å². The molecule has 142 valence electrons. The summed E-state index contributed by atoms with van der Waals surface area (Å²) in [6, 6.07) is 0. The third-order valence-electron chi connectivity index (χ3n) is 4.98. The predicted octanol–water partition coefficient (Wildman–Crippen LogP) is 1.16. The molecule has 3 rings (SSSR count). The molecule has 2 aromatic rings. The molecule has 0 spiro atoms. The third-order valence-corrected chi connectivity index (χ3v) is 6.89. The van der Waals surface area contributed by atoms with E-state index < -0.39 is 10.2 Å². The minimum atomic E-state index is -3.34. The van der Waals surface area contributed by atoms with Crippen molar-refractivity contribution in [2.75, 3.05) is 27.2 Å². The van der Waals surface area contributed by atoms with Crippen molar-refractivity contribution in [2.24, 2.45) is 13.0 Å². The van der Waals surface area contributed by atoms with Crippen molar-refractivity contribution in [3.05, 3.63) is 29.5 Å². The quantitative estimate of drug-likeness (QED) is 0.780. The number of aromatic nitrogens is 4. The van der Waals surface area contributed by atoms with E-state index in [2.05, 4.69) is 10.1 Å². The van der Waals surface area contributed by atoms with Crippen LogP contribution >= 0.6 is 0 Å². The Morgan fingerprint density at radius 3 is 2.62 bits per heavy atom. The van der Waals surface area contributed by atoms with Crippen LogP contribution in [0.5, 0.6) is 0 Å². The zero-order valence-electron chi connectivity index (χ0n) is 16.0. The minimum Gasteiger partial charge on any atom is -0.272 e. The Morgan fingerprint density at radius 1 is 1.27 bits per heavy atom. The largest absolute Gasteiger partial charge is 0.281 e. The number of aryl methyl sites for hydroxylation is 2. The second-order valence-electron chi connectivity index (χ2n) is 7.07. The van der Waals surface area contributed by atoms with Crippen molar-refractivity contribution in [2.45, 2.75) is 26.7 Å². The molecule has 3 heterocycles. The number of rotatable bonds is 5. The van der Waals surface area contributed by atoms with Crippen LogP contribution in [0.25, 0.3) is 11.3 Å². The van der Waals surface area contributed by atoms with E-state index >= 15 is 0 Å². The minimum absolute atomic E-state index is 0.255. The Kier molecular flexibility index (Phi) is 5.14. The third kappa shape index (κ3) is 3.51. The molecular weight excluding hydrogens is 352 g/mol. The zero-order chi connectivity index (χ0) is 19.1. The van der Waals surface area contributed by atoms with Gasteiger partial charge in [-0.3, -0.25) is 9.67 Å². The Balaban J connectivity index is 1.76. The van der Waals surface area contributed by atoms with E-state index in [0.717, 1.165) is 41.2 Å². The van der Waals surface area contributed by atoms with E-state index in [4.69, 9.17) is 4.98 Å². The maximum Gasteiger partial charge on any atom is 0.281 e. The molecule has 9 heteroatoms. The van der Waals surface area contributed by atoms with Gasteiger partial charge in [-0.25, -0.2) is 4.98 Å². The van der Waals surface area contributed by atoms with Crippen molar-refractivity contribution in [1.29, 1.82) is 0 Å². The van der Waals surface area contributed by atoms with Gasteiger partial charge in [0.2, 0.25) is 0 Å². The SMILES string of the molecule is Cc1nn(C)c(C)c1-c1cncc(C[C@@H]2CCN(S(=O)(=O)N(C)C)C2)n1. The van der Waals surface area contributed by atoms with Crippen molar-refractivity contribution in [3.63, 3.8) is 0 Å². The molecule has 0 bridgehead atoms. The lowest BCUT2D eigenvalue weighted by Crippen LogP contribution is -2.38. The molecule has 8 nitrogen and oxygen atoms in total.